The summed E-state index contributed by atoms with van der Waals surface area (Å²) in [6.07, 6.45) is 4.23. The zero-order valence-corrected chi connectivity index (χ0v) is 12.8. The first kappa shape index (κ1) is 15.1. The molecular weight excluding hydrogens is 258 g/mol. The number of carbonyl (C=O) groups excluding carboxylic acids is 2. The fraction of sp³-hybridized carbons (Fsp3) is 0.867. The third-order valence-electron chi connectivity index (χ3n) is 4.17. The van der Waals surface area contributed by atoms with Crippen molar-refractivity contribution in [2.45, 2.75) is 70.6 Å². The van der Waals surface area contributed by atoms with Crippen molar-refractivity contribution >= 4 is 12.1 Å². The number of hydrogen-bond donors (Lipinski definition) is 0. The van der Waals surface area contributed by atoms with Crippen LogP contribution >= 0.6 is 0 Å². The maximum Gasteiger partial charge on any atom is 0.410 e. The van der Waals surface area contributed by atoms with Crippen LogP contribution in [-0.4, -0.2) is 41.8 Å². The number of fused-ring (bicyclic) bond motifs is 2. The van der Waals surface area contributed by atoms with E-state index in [1.807, 2.05) is 20.8 Å². The summed E-state index contributed by atoms with van der Waals surface area (Å²) < 4.78 is 10.4. The molecule has 114 valence electrons. The summed E-state index contributed by atoms with van der Waals surface area (Å²) in [7, 11) is 1.41. The minimum absolute atomic E-state index is 0.0650. The minimum Gasteiger partial charge on any atom is -0.469 e. The third-order valence-corrected chi connectivity index (χ3v) is 4.17. The number of rotatable bonds is 1. The molecule has 0 radical (unpaired) electrons. The molecule has 0 aromatic rings. The molecule has 1 amide bonds. The van der Waals surface area contributed by atoms with Crippen molar-refractivity contribution in [3.63, 3.8) is 0 Å². The number of hydrogen-bond acceptors (Lipinski definition) is 4. The second kappa shape index (κ2) is 5.62. The van der Waals surface area contributed by atoms with Crippen LogP contribution in [-0.2, 0) is 14.3 Å². The second-order valence-corrected chi connectivity index (χ2v) is 6.75. The summed E-state index contributed by atoms with van der Waals surface area (Å²) in [4.78, 5) is 26.2. The van der Waals surface area contributed by atoms with Gasteiger partial charge in [-0.25, -0.2) is 4.79 Å². The maximum absolute atomic E-state index is 12.4. The van der Waals surface area contributed by atoms with Crippen molar-refractivity contribution in [3.8, 4) is 0 Å². The van der Waals surface area contributed by atoms with Crippen molar-refractivity contribution in [2.24, 2.45) is 5.92 Å². The molecule has 0 N–H and O–H groups in total. The van der Waals surface area contributed by atoms with Gasteiger partial charge in [0.2, 0.25) is 0 Å². The highest BCUT2D eigenvalue weighted by Crippen LogP contribution is 2.38. The molecule has 0 unspecified atom stereocenters. The second-order valence-electron chi connectivity index (χ2n) is 6.75. The zero-order chi connectivity index (χ0) is 14.9. The highest BCUT2D eigenvalue weighted by atomic mass is 16.6. The Hall–Kier alpha value is -1.26. The van der Waals surface area contributed by atoms with E-state index in [1.165, 1.54) is 7.11 Å². The molecule has 2 saturated heterocycles. The lowest BCUT2D eigenvalue weighted by atomic mass is 9.90. The highest BCUT2D eigenvalue weighted by molar-refractivity contribution is 5.76. The fourth-order valence-electron chi connectivity index (χ4n) is 3.38. The van der Waals surface area contributed by atoms with Crippen LogP contribution in [0.3, 0.4) is 0 Å². The first-order valence-corrected chi connectivity index (χ1v) is 7.42. The van der Waals surface area contributed by atoms with Crippen LogP contribution in [0, 0.1) is 5.92 Å². The molecule has 2 fully saturated rings. The van der Waals surface area contributed by atoms with Gasteiger partial charge in [-0.05, 0) is 46.5 Å². The van der Waals surface area contributed by atoms with Crippen molar-refractivity contribution in [1.29, 1.82) is 0 Å². The summed E-state index contributed by atoms with van der Waals surface area (Å²) in [5.41, 5.74) is -0.510. The molecule has 20 heavy (non-hydrogen) atoms. The number of nitrogens with zero attached hydrogens (tertiary/aromatic N) is 1. The molecule has 2 heterocycles. The van der Waals surface area contributed by atoms with Crippen LogP contribution in [0.1, 0.15) is 52.9 Å². The molecule has 3 atom stereocenters. The molecule has 2 aliphatic heterocycles. The molecule has 5 heteroatoms. The van der Waals surface area contributed by atoms with E-state index < -0.39 is 5.60 Å². The van der Waals surface area contributed by atoms with Gasteiger partial charge in [0.1, 0.15) is 5.60 Å². The molecule has 0 aromatic carbocycles. The Bertz CT molecular complexity index is 388. The lowest BCUT2D eigenvalue weighted by Crippen LogP contribution is -2.47. The van der Waals surface area contributed by atoms with E-state index in [1.54, 1.807) is 4.90 Å². The van der Waals surface area contributed by atoms with E-state index in [9.17, 15) is 9.59 Å². The summed E-state index contributed by atoms with van der Waals surface area (Å²) in [6.45, 7) is 5.59. The van der Waals surface area contributed by atoms with Crippen LogP contribution in [0.5, 0.6) is 0 Å². The normalized spacial score (nSPS) is 29.8. The first-order valence-electron chi connectivity index (χ1n) is 7.42. The SMILES string of the molecule is COC(=O)[C@H]1CCC[C@@H]2CC[C@H]1N2C(=O)OC(C)(C)C. The van der Waals surface area contributed by atoms with Crippen molar-refractivity contribution < 1.29 is 19.1 Å². The Kier molecular flexibility index (Phi) is 4.25. The van der Waals surface area contributed by atoms with E-state index in [-0.39, 0.29) is 30.1 Å². The Balaban J connectivity index is 2.18. The molecule has 2 aliphatic rings. The smallest absolute Gasteiger partial charge is 0.410 e. The van der Waals surface area contributed by atoms with E-state index in [4.69, 9.17) is 9.47 Å². The quantitative estimate of drug-likeness (QED) is 0.694. The Morgan fingerprint density at radius 1 is 1.10 bits per heavy atom. The van der Waals surface area contributed by atoms with Gasteiger partial charge in [0.05, 0.1) is 13.0 Å². The van der Waals surface area contributed by atoms with Gasteiger partial charge in [-0.2, -0.15) is 0 Å². The molecular formula is C15H25NO4. The standard InChI is InChI=1S/C15H25NO4/c1-15(2,3)20-14(18)16-10-6-5-7-11(13(17)19-4)12(16)9-8-10/h10-12H,5-9H2,1-4H3/t10-,11+,12-/m1/s1. The molecule has 0 saturated carbocycles. The van der Waals surface area contributed by atoms with Crippen LogP contribution < -0.4 is 0 Å². The summed E-state index contributed by atoms with van der Waals surface area (Å²) in [6, 6.07) is 0.148. The van der Waals surface area contributed by atoms with Gasteiger partial charge in [-0.15, -0.1) is 0 Å². The monoisotopic (exact) mass is 283 g/mol. The minimum atomic E-state index is -0.510. The lowest BCUT2D eigenvalue weighted by molar-refractivity contribution is -0.147. The average molecular weight is 283 g/mol. The van der Waals surface area contributed by atoms with Crippen LogP contribution in [0.2, 0.25) is 0 Å². The van der Waals surface area contributed by atoms with Gasteiger partial charge in [-0.1, -0.05) is 6.42 Å². The fourth-order valence-corrected chi connectivity index (χ4v) is 3.38. The largest absolute Gasteiger partial charge is 0.469 e. The Morgan fingerprint density at radius 3 is 2.40 bits per heavy atom. The lowest BCUT2D eigenvalue weighted by Gasteiger charge is -2.33. The molecule has 0 aliphatic carbocycles. The van der Waals surface area contributed by atoms with E-state index in [0.717, 1.165) is 32.1 Å². The van der Waals surface area contributed by atoms with Gasteiger partial charge in [0.25, 0.3) is 0 Å². The van der Waals surface area contributed by atoms with E-state index in [0.29, 0.717) is 0 Å². The Labute approximate surface area is 120 Å². The zero-order valence-electron chi connectivity index (χ0n) is 12.8. The van der Waals surface area contributed by atoms with Crippen molar-refractivity contribution in [3.05, 3.63) is 0 Å². The number of carbonyl (C=O) groups is 2. The molecule has 5 nitrogen and oxygen atoms in total. The van der Waals surface area contributed by atoms with Gasteiger partial charge < -0.3 is 14.4 Å². The molecule has 2 bridgehead atoms. The van der Waals surface area contributed by atoms with Crippen molar-refractivity contribution in [2.75, 3.05) is 7.11 Å². The maximum atomic E-state index is 12.4. The van der Waals surface area contributed by atoms with Crippen molar-refractivity contribution in [1.82, 2.24) is 4.90 Å². The predicted octanol–water partition coefficient (Wildman–Crippen LogP) is 2.73. The first-order chi connectivity index (χ1) is 9.33. The van der Waals surface area contributed by atoms with Gasteiger partial charge in [-0.3, -0.25) is 4.79 Å². The number of ether oxygens (including phenoxy) is 2. The predicted molar refractivity (Wildman–Crippen MR) is 74.2 cm³/mol. The topological polar surface area (TPSA) is 55.8 Å². The summed E-state index contributed by atoms with van der Waals surface area (Å²) >= 11 is 0. The molecule has 0 spiro atoms. The highest BCUT2D eigenvalue weighted by Gasteiger charge is 2.46. The van der Waals surface area contributed by atoms with Crippen LogP contribution in [0.25, 0.3) is 0 Å². The third kappa shape index (κ3) is 3.07. The van der Waals surface area contributed by atoms with Gasteiger partial charge >= 0.3 is 12.1 Å². The Morgan fingerprint density at radius 2 is 1.80 bits per heavy atom. The van der Waals surface area contributed by atoms with Crippen LogP contribution in [0.15, 0.2) is 0 Å². The van der Waals surface area contributed by atoms with E-state index in [2.05, 4.69) is 0 Å². The molecule has 0 aromatic heterocycles. The number of methoxy groups -OCH3 is 1. The van der Waals surface area contributed by atoms with Gasteiger partial charge in [0, 0.05) is 12.1 Å². The number of esters is 1. The van der Waals surface area contributed by atoms with Gasteiger partial charge in [0.15, 0.2) is 0 Å². The molecule has 2 rings (SSSR count). The van der Waals surface area contributed by atoms with E-state index >= 15 is 0 Å². The average Bonchev–Trinajstić information content (AvgIpc) is 2.63. The van der Waals surface area contributed by atoms with Crippen LogP contribution in [0.4, 0.5) is 4.79 Å². The summed E-state index contributed by atoms with van der Waals surface area (Å²) in [5, 5.41) is 0. The summed E-state index contributed by atoms with van der Waals surface area (Å²) in [5.74, 6) is -0.411. The number of amides is 1.